The molecule has 1 aromatic carbocycles. The molecule has 0 aliphatic heterocycles. The molecule has 0 radical (unpaired) electrons. The van der Waals surface area contributed by atoms with Gasteiger partial charge < -0.3 is 14.2 Å². The third-order valence-corrected chi connectivity index (χ3v) is 5.13. The molecular weight excluding hydrogens is 336 g/mol. The summed E-state index contributed by atoms with van der Waals surface area (Å²) in [7, 11) is 3.24. The van der Waals surface area contributed by atoms with Gasteiger partial charge in [0.25, 0.3) is 0 Å². The number of benzene rings is 1. The Kier molecular flexibility index (Phi) is 10.5. The molecule has 0 saturated heterocycles. The highest BCUT2D eigenvalue weighted by Crippen LogP contribution is 2.30. The van der Waals surface area contributed by atoms with Crippen LogP contribution in [-0.4, -0.2) is 37.0 Å². The van der Waals surface area contributed by atoms with Crippen molar-refractivity contribution in [2.75, 3.05) is 20.0 Å². The number of unbranched alkanes of at least 4 members (excludes halogenated alkanes) is 1. The molecule has 25 heavy (non-hydrogen) atoms. The summed E-state index contributed by atoms with van der Waals surface area (Å²) in [6.45, 7) is 4.31. The lowest BCUT2D eigenvalue weighted by atomic mass is 10.1. The SMILES string of the molecule is CCC/C=C/[C@@](C)(SCCC(OC)OC)C(=O)OCc1ccccc1. The number of allylic oxidation sites excluding steroid dienone is 1. The zero-order valence-electron chi connectivity index (χ0n) is 15.7. The zero-order valence-corrected chi connectivity index (χ0v) is 16.5. The Hall–Kier alpha value is -1.30. The van der Waals surface area contributed by atoms with Crippen molar-refractivity contribution in [3.63, 3.8) is 0 Å². The number of hydrogen-bond acceptors (Lipinski definition) is 5. The minimum atomic E-state index is -0.712. The Morgan fingerprint density at radius 2 is 1.92 bits per heavy atom. The van der Waals surface area contributed by atoms with Crippen LogP contribution in [-0.2, 0) is 25.6 Å². The largest absolute Gasteiger partial charge is 0.460 e. The number of rotatable bonds is 12. The minimum Gasteiger partial charge on any atom is -0.460 e. The van der Waals surface area contributed by atoms with Crippen molar-refractivity contribution in [3.05, 3.63) is 48.0 Å². The van der Waals surface area contributed by atoms with Gasteiger partial charge in [-0.25, -0.2) is 0 Å². The first-order valence-electron chi connectivity index (χ1n) is 8.64. The first-order chi connectivity index (χ1) is 12.1. The molecule has 1 atom stereocenters. The molecule has 5 heteroatoms. The lowest BCUT2D eigenvalue weighted by molar-refractivity contribution is -0.146. The molecule has 0 fully saturated rings. The maximum absolute atomic E-state index is 12.7. The number of hydrogen-bond donors (Lipinski definition) is 0. The van der Waals surface area contributed by atoms with Crippen LogP contribution >= 0.6 is 11.8 Å². The number of carbonyl (C=O) groups excluding carboxylic acids is 1. The normalized spacial score (nSPS) is 14.0. The Balaban J connectivity index is 2.67. The summed E-state index contributed by atoms with van der Waals surface area (Å²) in [6.07, 6.45) is 6.47. The third kappa shape index (κ3) is 8.08. The minimum absolute atomic E-state index is 0.222. The predicted molar refractivity (Wildman–Crippen MR) is 104 cm³/mol. The lowest BCUT2D eigenvalue weighted by Gasteiger charge is -2.24. The molecule has 0 unspecified atom stereocenters. The van der Waals surface area contributed by atoms with Crippen LogP contribution < -0.4 is 0 Å². The van der Waals surface area contributed by atoms with Gasteiger partial charge in [-0.05, 0) is 24.7 Å². The van der Waals surface area contributed by atoms with Crippen molar-refractivity contribution in [1.29, 1.82) is 0 Å². The van der Waals surface area contributed by atoms with Gasteiger partial charge in [0.2, 0.25) is 0 Å². The average Bonchev–Trinajstić information content (AvgIpc) is 2.64. The van der Waals surface area contributed by atoms with Crippen molar-refractivity contribution < 1.29 is 19.0 Å². The quantitative estimate of drug-likeness (QED) is 0.308. The van der Waals surface area contributed by atoms with E-state index in [1.165, 1.54) is 0 Å². The number of carbonyl (C=O) groups is 1. The molecule has 0 bridgehead atoms. The van der Waals surface area contributed by atoms with E-state index in [1.807, 2.05) is 43.3 Å². The van der Waals surface area contributed by atoms with E-state index in [0.29, 0.717) is 6.42 Å². The summed E-state index contributed by atoms with van der Waals surface area (Å²) in [5.41, 5.74) is 0.986. The van der Waals surface area contributed by atoms with E-state index in [-0.39, 0.29) is 18.9 Å². The summed E-state index contributed by atoms with van der Waals surface area (Å²) in [5, 5.41) is 0. The Morgan fingerprint density at radius 1 is 1.24 bits per heavy atom. The summed E-state index contributed by atoms with van der Waals surface area (Å²) in [6, 6.07) is 9.72. The molecule has 0 saturated carbocycles. The molecule has 0 N–H and O–H groups in total. The second kappa shape index (κ2) is 12.1. The molecule has 1 aromatic rings. The number of thioether (sulfide) groups is 1. The molecular formula is C20H30O4S. The van der Waals surface area contributed by atoms with Gasteiger partial charge in [0.1, 0.15) is 11.4 Å². The van der Waals surface area contributed by atoms with Gasteiger partial charge in [-0.1, -0.05) is 55.8 Å². The summed E-state index contributed by atoms with van der Waals surface area (Å²) < 4.78 is 15.3. The van der Waals surface area contributed by atoms with Gasteiger partial charge in [0.05, 0.1) is 0 Å². The van der Waals surface area contributed by atoms with E-state index < -0.39 is 4.75 Å². The highest BCUT2D eigenvalue weighted by Gasteiger charge is 2.33. The molecule has 140 valence electrons. The van der Waals surface area contributed by atoms with E-state index >= 15 is 0 Å². The van der Waals surface area contributed by atoms with Crippen LogP contribution in [0.5, 0.6) is 0 Å². The summed E-state index contributed by atoms with van der Waals surface area (Å²) in [4.78, 5) is 12.7. The fraction of sp³-hybridized carbons (Fsp3) is 0.550. The molecule has 0 spiro atoms. The van der Waals surface area contributed by atoms with Gasteiger partial charge in [-0.2, -0.15) is 0 Å². The number of ether oxygens (including phenoxy) is 3. The van der Waals surface area contributed by atoms with Crippen molar-refractivity contribution in [2.24, 2.45) is 0 Å². The average molecular weight is 367 g/mol. The first-order valence-corrected chi connectivity index (χ1v) is 9.62. The molecule has 0 amide bonds. The van der Waals surface area contributed by atoms with Crippen LogP contribution in [0.15, 0.2) is 42.5 Å². The molecule has 0 aliphatic rings. The molecule has 0 heterocycles. The van der Waals surface area contributed by atoms with Crippen molar-refractivity contribution in [1.82, 2.24) is 0 Å². The van der Waals surface area contributed by atoms with Gasteiger partial charge in [0, 0.05) is 20.6 Å². The van der Waals surface area contributed by atoms with E-state index in [1.54, 1.807) is 26.0 Å². The second-order valence-electron chi connectivity index (χ2n) is 5.90. The van der Waals surface area contributed by atoms with Crippen LogP contribution in [0.1, 0.15) is 38.7 Å². The maximum Gasteiger partial charge on any atom is 0.326 e. The summed E-state index contributed by atoms with van der Waals surface area (Å²) in [5.74, 6) is 0.514. The van der Waals surface area contributed by atoms with Crippen molar-refractivity contribution in [3.8, 4) is 0 Å². The standard InChI is InChI=1S/C20H30O4S/c1-5-6-10-14-20(2,25-15-13-18(22-3)23-4)19(21)24-16-17-11-8-7-9-12-17/h7-12,14,18H,5-6,13,15-16H2,1-4H3/b14-10+/t20-/m1/s1. The van der Waals surface area contributed by atoms with Crippen molar-refractivity contribution >= 4 is 17.7 Å². The predicted octanol–water partition coefficient (Wildman–Crippen LogP) is 4.59. The topological polar surface area (TPSA) is 44.8 Å². The van der Waals surface area contributed by atoms with E-state index in [9.17, 15) is 4.79 Å². The van der Waals surface area contributed by atoms with E-state index in [2.05, 4.69) is 13.0 Å². The number of esters is 1. The van der Waals surface area contributed by atoms with Gasteiger partial charge in [-0.15, -0.1) is 11.8 Å². The first kappa shape index (κ1) is 21.7. The second-order valence-corrected chi connectivity index (χ2v) is 7.44. The van der Waals surface area contributed by atoms with Gasteiger partial charge >= 0.3 is 5.97 Å². The maximum atomic E-state index is 12.7. The van der Waals surface area contributed by atoms with Crippen molar-refractivity contribution in [2.45, 2.75) is 50.8 Å². The zero-order chi connectivity index (χ0) is 18.5. The highest BCUT2D eigenvalue weighted by atomic mass is 32.2. The smallest absolute Gasteiger partial charge is 0.326 e. The van der Waals surface area contributed by atoms with Crippen LogP contribution in [0.3, 0.4) is 0 Å². The Labute approximate surface area is 155 Å². The molecule has 1 rings (SSSR count). The van der Waals surface area contributed by atoms with Crippen LogP contribution in [0.25, 0.3) is 0 Å². The van der Waals surface area contributed by atoms with E-state index in [4.69, 9.17) is 14.2 Å². The molecule has 4 nitrogen and oxygen atoms in total. The van der Waals surface area contributed by atoms with Gasteiger partial charge in [-0.3, -0.25) is 4.79 Å². The Bertz CT molecular complexity index is 514. The fourth-order valence-corrected chi connectivity index (χ4v) is 3.32. The van der Waals surface area contributed by atoms with Crippen LogP contribution in [0.2, 0.25) is 0 Å². The Morgan fingerprint density at radius 3 is 2.52 bits per heavy atom. The molecule has 0 aromatic heterocycles. The van der Waals surface area contributed by atoms with E-state index in [0.717, 1.165) is 24.2 Å². The van der Waals surface area contributed by atoms with Crippen LogP contribution in [0.4, 0.5) is 0 Å². The number of methoxy groups -OCH3 is 2. The third-order valence-electron chi connectivity index (χ3n) is 3.79. The highest BCUT2D eigenvalue weighted by molar-refractivity contribution is 8.01. The monoisotopic (exact) mass is 366 g/mol. The fourth-order valence-electron chi connectivity index (χ4n) is 2.22. The lowest BCUT2D eigenvalue weighted by Crippen LogP contribution is -2.32. The van der Waals surface area contributed by atoms with Crippen LogP contribution in [0, 0.1) is 0 Å². The van der Waals surface area contributed by atoms with Gasteiger partial charge in [0.15, 0.2) is 6.29 Å². The summed E-state index contributed by atoms with van der Waals surface area (Å²) >= 11 is 1.56. The molecule has 0 aliphatic carbocycles.